The monoisotopic (exact) mass is 276 g/mol. The fourth-order valence-corrected chi connectivity index (χ4v) is 2.98. The van der Waals surface area contributed by atoms with Gasteiger partial charge in [-0.1, -0.05) is 43.5 Å². The van der Waals surface area contributed by atoms with Crippen LogP contribution < -0.4 is 0 Å². The van der Waals surface area contributed by atoms with Gasteiger partial charge in [-0.15, -0.1) is 5.10 Å². The molecule has 0 saturated carbocycles. The minimum absolute atomic E-state index is 0.110. The molecule has 1 heterocycles. The predicted octanol–water partition coefficient (Wildman–Crippen LogP) is 3.53. The van der Waals surface area contributed by atoms with Gasteiger partial charge in [-0.25, -0.2) is 0 Å². The second-order valence-corrected chi connectivity index (χ2v) is 6.71. The van der Waals surface area contributed by atoms with Crippen molar-refractivity contribution in [3.63, 3.8) is 0 Å². The Balaban J connectivity index is 2.48. The van der Waals surface area contributed by atoms with E-state index < -0.39 is 6.10 Å². The van der Waals surface area contributed by atoms with Gasteiger partial charge in [-0.2, -0.15) is 0 Å². The van der Waals surface area contributed by atoms with Crippen LogP contribution in [-0.2, 0) is 5.41 Å². The summed E-state index contributed by atoms with van der Waals surface area (Å²) in [5.74, 6) is 0. The third-order valence-electron chi connectivity index (χ3n) is 3.41. The van der Waals surface area contributed by atoms with Crippen LogP contribution in [0.1, 0.15) is 54.1 Å². The van der Waals surface area contributed by atoms with Gasteiger partial charge in [0.2, 0.25) is 0 Å². The molecule has 0 aliphatic rings. The highest BCUT2D eigenvalue weighted by molar-refractivity contribution is 7.05. The van der Waals surface area contributed by atoms with E-state index in [-0.39, 0.29) is 5.41 Å². The molecule has 0 spiro atoms. The Morgan fingerprint density at radius 2 is 1.89 bits per heavy atom. The summed E-state index contributed by atoms with van der Waals surface area (Å²) in [6, 6.07) is 6.01. The van der Waals surface area contributed by atoms with Gasteiger partial charge in [0, 0.05) is 5.41 Å². The van der Waals surface area contributed by atoms with E-state index in [0.717, 1.165) is 21.7 Å². The van der Waals surface area contributed by atoms with Crippen molar-refractivity contribution >= 4 is 11.5 Å². The van der Waals surface area contributed by atoms with Crippen molar-refractivity contribution in [3.8, 4) is 0 Å². The maximum absolute atomic E-state index is 10.7. The molecule has 0 amide bonds. The predicted molar refractivity (Wildman–Crippen MR) is 78.6 cm³/mol. The highest BCUT2D eigenvalue weighted by atomic mass is 32.1. The number of rotatable bonds is 2. The molecule has 0 radical (unpaired) electrons. The molecule has 19 heavy (non-hydrogen) atoms. The molecule has 4 heteroatoms. The summed E-state index contributed by atoms with van der Waals surface area (Å²) < 4.78 is 4.02. The number of nitrogens with zero attached hydrogens (tertiary/aromatic N) is 2. The van der Waals surface area contributed by atoms with Crippen LogP contribution in [0.25, 0.3) is 0 Å². The molecule has 1 aromatic carbocycles. The van der Waals surface area contributed by atoms with Gasteiger partial charge in [0.25, 0.3) is 0 Å². The summed E-state index contributed by atoms with van der Waals surface area (Å²) in [5.41, 5.74) is 4.03. The maximum atomic E-state index is 10.7. The Hall–Kier alpha value is -1.26. The summed E-state index contributed by atoms with van der Waals surface area (Å²) in [6.07, 6.45) is -0.644. The lowest BCUT2D eigenvalue weighted by Gasteiger charge is -2.20. The molecular weight excluding hydrogens is 256 g/mol. The zero-order valence-corrected chi connectivity index (χ0v) is 12.9. The topological polar surface area (TPSA) is 46.0 Å². The van der Waals surface area contributed by atoms with Gasteiger partial charge in [0.15, 0.2) is 0 Å². The van der Waals surface area contributed by atoms with Crippen molar-refractivity contribution in [2.24, 2.45) is 0 Å². The molecule has 0 bridgehead atoms. The van der Waals surface area contributed by atoms with Crippen molar-refractivity contribution < 1.29 is 5.11 Å². The van der Waals surface area contributed by atoms with Crippen molar-refractivity contribution in [3.05, 3.63) is 45.5 Å². The largest absolute Gasteiger partial charge is 0.383 e. The van der Waals surface area contributed by atoms with Crippen LogP contribution in [-0.4, -0.2) is 14.7 Å². The zero-order valence-electron chi connectivity index (χ0n) is 12.1. The fourth-order valence-electron chi connectivity index (χ4n) is 2.11. The Labute approximate surface area is 118 Å². The van der Waals surface area contributed by atoms with Crippen molar-refractivity contribution in [2.75, 3.05) is 0 Å². The lowest BCUT2D eigenvalue weighted by Crippen LogP contribution is -2.16. The molecule has 1 unspecified atom stereocenters. The van der Waals surface area contributed by atoms with Crippen LogP contribution in [0.15, 0.2) is 18.2 Å². The van der Waals surface area contributed by atoms with Gasteiger partial charge in [-0.3, -0.25) is 0 Å². The third-order valence-corrected chi connectivity index (χ3v) is 4.19. The SMILES string of the molecule is Cc1cccc(C(O)c2snnc2C(C)(C)C)c1C. The number of aryl methyl sites for hydroxylation is 1. The Morgan fingerprint density at radius 1 is 1.21 bits per heavy atom. The van der Waals surface area contributed by atoms with Crippen LogP contribution in [0, 0.1) is 13.8 Å². The highest BCUT2D eigenvalue weighted by Crippen LogP contribution is 2.35. The average Bonchev–Trinajstić information content (AvgIpc) is 2.80. The smallest absolute Gasteiger partial charge is 0.117 e. The van der Waals surface area contributed by atoms with Crippen molar-refractivity contribution in [1.29, 1.82) is 0 Å². The Morgan fingerprint density at radius 3 is 2.53 bits per heavy atom. The molecule has 0 saturated heterocycles. The quantitative estimate of drug-likeness (QED) is 0.912. The summed E-state index contributed by atoms with van der Waals surface area (Å²) in [7, 11) is 0. The molecule has 2 aromatic rings. The van der Waals surface area contributed by atoms with E-state index in [1.807, 2.05) is 19.1 Å². The molecule has 0 aliphatic heterocycles. The van der Waals surface area contributed by atoms with Gasteiger partial charge in [0.1, 0.15) is 6.10 Å². The van der Waals surface area contributed by atoms with E-state index in [0.29, 0.717) is 0 Å². The first-order valence-electron chi connectivity index (χ1n) is 6.39. The van der Waals surface area contributed by atoms with Gasteiger partial charge < -0.3 is 5.11 Å². The summed E-state index contributed by atoms with van der Waals surface area (Å²) in [4.78, 5) is 0.848. The number of aromatic nitrogens is 2. The second kappa shape index (κ2) is 5.02. The van der Waals surface area contributed by atoms with Crippen LogP contribution in [0.4, 0.5) is 0 Å². The maximum Gasteiger partial charge on any atom is 0.117 e. The van der Waals surface area contributed by atoms with Crippen molar-refractivity contribution in [2.45, 2.75) is 46.1 Å². The van der Waals surface area contributed by atoms with Crippen LogP contribution >= 0.6 is 11.5 Å². The molecule has 3 nitrogen and oxygen atoms in total. The standard InChI is InChI=1S/C15H20N2OS/c1-9-7-6-8-11(10(9)2)12(18)13-14(15(3,4)5)16-17-19-13/h6-8,12,18H,1-5H3. The van der Waals surface area contributed by atoms with Gasteiger partial charge in [-0.05, 0) is 42.1 Å². The van der Waals surface area contributed by atoms with Crippen molar-refractivity contribution in [1.82, 2.24) is 9.59 Å². The molecule has 1 aromatic heterocycles. The van der Waals surface area contributed by atoms with E-state index in [1.54, 1.807) is 0 Å². The fraction of sp³-hybridized carbons (Fsp3) is 0.467. The van der Waals surface area contributed by atoms with Crippen LogP contribution in [0.5, 0.6) is 0 Å². The number of aliphatic hydroxyl groups excluding tert-OH is 1. The highest BCUT2D eigenvalue weighted by Gasteiger charge is 2.27. The van der Waals surface area contributed by atoms with Crippen LogP contribution in [0.2, 0.25) is 0 Å². The van der Waals surface area contributed by atoms with E-state index in [1.165, 1.54) is 17.1 Å². The van der Waals surface area contributed by atoms with E-state index in [4.69, 9.17) is 0 Å². The average molecular weight is 276 g/mol. The van der Waals surface area contributed by atoms with E-state index >= 15 is 0 Å². The zero-order chi connectivity index (χ0) is 14.2. The Kier molecular flexibility index (Phi) is 3.74. The summed E-state index contributed by atoms with van der Waals surface area (Å²) in [5, 5.41) is 14.9. The summed E-state index contributed by atoms with van der Waals surface area (Å²) >= 11 is 1.28. The van der Waals surface area contributed by atoms with Gasteiger partial charge in [0.05, 0.1) is 10.6 Å². The van der Waals surface area contributed by atoms with E-state index in [2.05, 4.69) is 43.3 Å². The Bertz CT molecular complexity index is 584. The minimum atomic E-state index is -0.644. The first-order valence-corrected chi connectivity index (χ1v) is 7.16. The molecule has 102 valence electrons. The molecule has 0 aliphatic carbocycles. The lowest BCUT2D eigenvalue weighted by atomic mass is 9.88. The number of aliphatic hydroxyl groups is 1. The number of benzene rings is 1. The lowest BCUT2D eigenvalue weighted by molar-refractivity contribution is 0.220. The normalized spacial score (nSPS) is 13.6. The molecular formula is C15H20N2OS. The molecule has 1 atom stereocenters. The minimum Gasteiger partial charge on any atom is -0.383 e. The third kappa shape index (κ3) is 2.69. The summed E-state index contributed by atoms with van der Waals surface area (Å²) in [6.45, 7) is 10.4. The second-order valence-electron chi connectivity index (χ2n) is 5.93. The first kappa shape index (κ1) is 14.2. The van der Waals surface area contributed by atoms with Gasteiger partial charge >= 0.3 is 0 Å². The molecule has 0 fully saturated rings. The number of hydrogen-bond donors (Lipinski definition) is 1. The molecule has 2 rings (SSSR count). The molecule has 1 N–H and O–H groups in total. The number of hydrogen-bond acceptors (Lipinski definition) is 4. The first-order chi connectivity index (χ1) is 8.82. The van der Waals surface area contributed by atoms with E-state index in [9.17, 15) is 5.11 Å². The van der Waals surface area contributed by atoms with Crippen LogP contribution in [0.3, 0.4) is 0 Å².